The Morgan fingerprint density at radius 2 is 2.00 bits per heavy atom. The summed E-state index contributed by atoms with van der Waals surface area (Å²) in [5.74, 6) is 4.65. The predicted octanol–water partition coefficient (Wildman–Crippen LogP) is 0.842. The predicted molar refractivity (Wildman–Crippen MR) is 72.8 cm³/mol. The second kappa shape index (κ2) is 7.53. The zero-order valence-corrected chi connectivity index (χ0v) is 11.7. The minimum absolute atomic E-state index is 0.0335. The fourth-order valence-electron chi connectivity index (χ4n) is 1.27. The first-order chi connectivity index (χ1) is 9.45. The van der Waals surface area contributed by atoms with Gasteiger partial charge in [-0.15, -0.1) is 5.92 Å². The summed E-state index contributed by atoms with van der Waals surface area (Å²) in [5.41, 5.74) is 0. The van der Waals surface area contributed by atoms with Crippen LogP contribution in [0.25, 0.3) is 0 Å². The lowest BCUT2D eigenvalue weighted by molar-refractivity contribution is -0.137. The number of carboxylic acids is 1. The van der Waals surface area contributed by atoms with Gasteiger partial charge in [-0.1, -0.05) is 5.92 Å². The topological polar surface area (TPSA) is 92.7 Å². The van der Waals surface area contributed by atoms with Crippen molar-refractivity contribution >= 4 is 16.0 Å². The Morgan fingerprint density at radius 1 is 1.35 bits per heavy atom. The van der Waals surface area contributed by atoms with E-state index in [1.54, 1.807) is 6.92 Å². The highest BCUT2D eigenvalue weighted by Gasteiger charge is 2.12. The Bertz CT molecular complexity index is 610. The van der Waals surface area contributed by atoms with Gasteiger partial charge < -0.3 is 9.84 Å². The first-order valence-corrected chi connectivity index (χ1v) is 7.28. The molecule has 0 bridgehead atoms. The van der Waals surface area contributed by atoms with Crippen molar-refractivity contribution in [1.82, 2.24) is 4.72 Å². The molecule has 0 fully saturated rings. The molecule has 108 valence electrons. The molecule has 1 aromatic carbocycles. The van der Waals surface area contributed by atoms with Gasteiger partial charge in [-0.2, -0.15) is 4.72 Å². The Balaban J connectivity index is 2.64. The highest BCUT2D eigenvalue weighted by Crippen LogP contribution is 2.15. The lowest BCUT2D eigenvalue weighted by atomic mass is 10.3. The van der Waals surface area contributed by atoms with Crippen LogP contribution >= 0.6 is 0 Å². The molecule has 0 aliphatic carbocycles. The molecule has 2 N–H and O–H groups in total. The molecule has 0 aliphatic rings. The van der Waals surface area contributed by atoms with E-state index < -0.39 is 16.0 Å². The van der Waals surface area contributed by atoms with Crippen LogP contribution in [-0.2, 0) is 14.8 Å². The number of hydrogen-bond donors (Lipinski definition) is 2. The second-order valence-electron chi connectivity index (χ2n) is 3.71. The number of ether oxygens (including phenoxy) is 1. The van der Waals surface area contributed by atoms with Gasteiger partial charge in [0.2, 0.25) is 10.0 Å². The van der Waals surface area contributed by atoms with Crippen molar-refractivity contribution in [3.8, 4) is 17.6 Å². The number of nitrogens with one attached hydrogen (secondary N) is 1. The summed E-state index contributed by atoms with van der Waals surface area (Å²) in [6, 6.07) is 5.72. The number of sulfonamides is 1. The van der Waals surface area contributed by atoms with Crippen molar-refractivity contribution in [2.24, 2.45) is 0 Å². The zero-order chi connectivity index (χ0) is 15.0. The normalized spacial score (nSPS) is 10.4. The van der Waals surface area contributed by atoms with Gasteiger partial charge in [0.15, 0.2) is 0 Å². The smallest absolute Gasteiger partial charge is 0.306 e. The third-order valence-electron chi connectivity index (χ3n) is 2.25. The van der Waals surface area contributed by atoms with Gasteiger partial charge in [0, 0.05) is 0 Å². The van der Waals surface area contributed by atoms with Crippen LogP contribution in [0.3, 0.4) is 0 Å². The van der Waals surface area contributed by atoms with E-state index in [0.717, 1.165) is 0 Å². The second-order valence-corrected chi connectivity index (χ2v) is 5.48. The molecule has 6 nitrogen and oxygen atoms in total. The van der Waals surface area contributed by atoms with E-state index in [4.69, 9.17) is 9.84 Å². The molecular weight excluding hydrogens is 282 g/mol. The van der Waals surface area contributed by atoms with E-state index in [2.05, 4.69) is 16.6 Å². The minimum atomic E-state index is -3.59. The number of aliphatic carboxylic acids is 1. The van der Waals surface area contributed by atoms with Gasteiger partial charge in [0.25, 0.3) is 0 Å². The largest absolute Gasteiger partial charge is 0.493 e. The van der Waals surface area contributed by atoms with E-state index in [1.165, 1.54) is 24.3 Å². The summed E-state index contributed by atoms with van der Waals surface area (Å²) in [5, 5.41) is 8.47. The van der Waals surface area contributed by atoms with E-state index in [-0.39, 0.29) is 24.5 Å². The fraction of sp³-hybridized carbons (Fsp3) is 0.308. The number of rotatable bonds is 7. The number of benzene rings is 1. The average molecular weight is 297 g/mol. The van der Waals surface area contributed by atoms with Crippen LogP contribution in [0.2, 0.25) is 0 Å². The van der Waals surface area contributed by atoms with Crippen molar-refractivity contribution < 1.29 is 23.1 Å². The molecule has 0 saturated carbocycles. The van der Waals surface area contributed by atoms with Crippen LogP contribution in [0, 0.1) is 11.8 Å². The summed E-state index contributed by atoms with van der Waals surface area (Å²) < 4.78 is 31.1. The van der Waals surface area contributed by atoms with Crippen LogP contribution in [0.15, 0.2) is 29.2 Å². The molecule has 1 rings (SSSR count). The maximum absolute atomic E-state index is 11.8. The quantitative estimate of drug-likeness (QED) is 0.728. The highest BCUT2D eigenvalue weighted by atomic mass is 32.2. The maximum Gasteiger partial charge on any atom is 0.306 e. The summed E-state index contributed by atoms with van der Waals surface area (Å²) in [6.45, 7) is 1.71. The summed E-state index contributed by atoms with van der Waals surface area (Å²) in [6.07, 6.45) is -0.114. The van der Waals surface area contributed by atoms with E-state index in [1.807, 2.05) is 0 Å². The van der Waals surface area contributed by atoms with E-state index >= 15 is 0 Å². The first kappa shape index (κ1) is 16.0. The zero-order valence-electron chi connectivity index (χ0n) is 10.9. The molecule has 20 heavy (non-hydrogen) atoms. The van der Waals surface area contributed by atoms with Crippen LogP contribution < -0.4 is 9.46 Å². The molecule has 0 atom stereocenters. The molecule has 0 spiro atoms. The SMILES string of the molecule is CC#CCNS(=O)(=O)c1ccc(OCCC(=O)O)cc1. The van der Waals surface area contributed by atoms with Gasteiger partial charge in [-0.3, -0.25) is 4.79 Å². The lowest BCUT2D eigenvalue weighted by Crippen LogP contribution is -2.23. The van der Waals surface area contributed by atoms with E-state index in [9.17, 15) is 13.2 Å². The van der Waals surface area contributed by atoms with Gasteiger partial charge >= 0.3 is 5.97 Å². The summed E-state index contributed by atoms with van der Waals surface area (Å²) >= 11 is 0. The molecule has 0 aliphatic heterocycles. The van der Waals surface area contributed by atoms with Crippen molar-refractivity contribution in [1.29, 1.82) is 0 Å². The average Bonchev–Trinajstić information content (AvgIpc) is 2.39. The molecule has 0 unspecified atom stereocenters. The van der Waals surface area contributed by atoms with E-state index in [0.29, 0.717) is 5.75 Å². The summed E-state index contributed by atoms with van der Waals surface area (Å²) in [7, 11) is -3.59. The molecule has 0 saturated heterocycles. The Morgan fingerprint density at radius 3 is 2.55 bits per heavy atom. The fourth-order valence-corrected chi connectivity index (χ4v) is 2.20. The Kier molecular flexibility index (Phi) is 6.03. The number of hydrogen-bond acceptors (Lipinski definition) is 4. The molecule has 0 heterocycles. The third-order valence-corrected chi connectivity index (χ3v) is 3.66. The highest BCUT2D eigenvalue weighted by molar-refractivity contribution is 7.89. The van der Waals surface area contributed by atoms with Crippen molar-refractivity contribution in [3.05, 3.63) is 24.3 Å². The monoisotopic (exact) mass is 297 g/mol. The first-order valence-electron chi connectivity index (χ1n) is 5.79. The van der Waals surface area contributed by atoms with Crippen LogP contribution in [0.4, 0.5) is 0 Å². The van der Waals surface area contributed by atoms with Gasteiger partial charge in [0.1, 0.15) is 5.75 Å². The summed E-state index contributed by atoms with van der Waals surface area (Å²) in [4.78, 5) is 10.4. The van der Waals surface area contributed by atoms with Crippen LogP contribution in [0.1, 0.15) is 13.3 Å². The Hall–Kier alpha value is -2.04. The van der Waals surface area contributed by atoms with Gasteiger partial charge in [0.05, 0.1) is 24.5 Å². The lowest BCUT2D eigenvalue weighted by Gasteiger charge is -2.07. The number of carboxylic acid groups (broad SMARTS) is 1. The molecule has 7 heteroatoms. The van der Waals surface area contributed by atoms with Crippen molar-refractivity contribution in [2.45, 2.75) is 18.2 Å². The maximum atomic E-state index is 11.8. The molecule has 0 radical (unpaired) electrons. The Labute approximate surface area is 117 Å². The van der Waals surface area contributed by atoms with Crippen LogP contribution in [0.5, 0.6) is 5.75 Å². The molecule has 0 aromatic heterocycles. The van der Waals surface area contributed by atoms with Crippen molar-refractivity contribution in [2.75, 3.05) is 13.2 Å². The molecular formula is C13H15NO5S. The molecule has 0 amide bonds. The van der Waals surface area contributed by atoms with Crippen LogP contribution in [-0.4, -0.2) is 32.6 Å². The minimum Gasteiger partial charge on any atom is -0.493 e. The third kappa shape index (κ3) is 5.30. The van der Waals surface area contributed by atoms with Gasteiger partial charge in [-0.25, -0.2) is 8.42 Å². The number of carbonyl (C=O) groups is 1. The van der Waals surface area contributed by atoms with Crippen molar-refractivity contribution in [3.63, 3.8) is 0 Å². The van der Waals surface area contributed by atoms with Gasteiger partial charge in [-0.05, 0) is 31.2 Å². The molecule has 1 aromatic rings. The standard InChI is InChI=1S/C13H15NO5S/c1-2-3-9-14-20(17,18)12-6-4-11(5-7-12)19-10-8-13(15)16/h4-7,14H,8-10H2,1H3,(H,15,16).